The molecule has 5 nitrogen and oxygen atoms in total. The number of benzene rings is 3. The molecule has 3 aromatic carbocycles. The summed E-state index contributed by atoms with van der Waals surface area (Å²) in [7, 11) is -3.93. The molecule has 0 heterocycles. The number of fused-ring (bicyclic) bond motifs is 1. The first-order valence-electron chi connectivity index (χ1n) is 11.6. The number of sulfonamides is 1. The normalized spacial score (nSPS) is 14.2. The number of anilines is 1. The second kappa shape index (κ2) is 10.7. The molecule has 0 bridgehead atoms. The van der Waals surface area contributed by atoms with E-state index in [0.717, 1.165) is 22.9 Å². The van der Waals surface area contributed by atoms with E-state index in [0.29, 0.717) is 12.1 Å². The molecule has 0 saturated heterocycles. The highest BCUT2D eigenvalue weighted by Gasteiger charge is 2.28. The monoisotopic (exact) mass is 540 g/mol. The van der Waals surface area contributed by atoms with E-state index in [1.165, 1.54) is 28.3 Å². The number of carbonyl (C=O) groups excluding carboxylic acids is 1. The molecule has 3 aromatic rings. The summed E-state index contributed by atoms with van der Waals surface area (Å²) < 4.78 is 28.9. The van der Waals surface area contributed by atoms with Gasteiger partial charge in [0.15, 0.2) is 0 Å². The molecule has 34 heavy (non-hydrogen) atoms. The Morgan fingerprint density at radius 1 is 0.971 bits per heavy atom. The van der Waals surface area contributed by atoms with Gasteiger partial charge in [0.1, 0.15) is 6.54 Å². The topological polar surface area (TPSA) is 66.5 Å². The molecule has 1 aliphatic rings. The number of hydrogen-bond donors (Lipinski definition) is 1. The van der Waals surface area contributed by atoms with Gasteiger partial charge in [0.05, 0.1) is 16.6 Å². The molecule has 0 fully saturated rings. The average Bonchev–Trinajstić information content (AvgIpc) is 2.86. The van der Waals surface area contributed by atoms with Gasteiger partial charge in [-0.25, -0.2) is 8.42 Å². The Balaban J connectivity index is 1.59. The fourth-order valence-corrected chi connectivity index (χ4v) is 6.25. The van der Waals surface area contributed by atoms with Gasteiger partial charge in [-0.1, -0.05) is 65.3 Å². The lowest BCUT2D eigenvalue weighted by molar-refractivity contribution is -0.120. The van der Waals surface area contributed by atoms with Crippen molar-refractivity contribution in [2.45, 2.75) is 50.0 Å². The zero-order valence-electron chi connectivity index (χ0n) is 19.2. The second-order valence-corrected chi connectivity index (χ2v) is 11.3. The highest BCUT2D eigenvalue weighted by molar-refractivity contribution is 9.10. The minimum Gasteiger partial charge on any atom is -0.348 e. The predicted molar refractivity (Wildman–Crippen MR) is 139 cm³/mol. The fourth-order valence-electron chi connectivity index (χ4n) is 4.43. The standard InChI is InChI=1S/C27H29BrN2O3S/c1-2-26(22-16-15-20-9-6-7-10-21(20)17-22)29-27(31)19-30(24-12-8-11-23(28)18-24)34(32,33)25-13-4-3-5-14-25/h3-5,8,11-18,26H,2,6-7,9-10,19H2,1H3,(H,29,31)/t26-/m1/s1. The Labute approximate surface area is 210 Å². The smallest absolute Gasteiger partial charge is 0.264 e. The van der Waals surface area contributed by atoms with Crippen molar-refractivity contribution in [2.24, 2.45) is 0 Å². The maximum Gasteiger partial charge on any atom is 0.264 e. The van der Waals surface area contributed by atoms with Crippen LogP contribution in [0.15, 0.2) is 82.2 Å². The third kappa shape index (κ3) is 5.53. The fraction of sp³-hybridized carbons (Fsp3) is 0.296. The van der Waals surface area contributed by atoms with Crippen molar-refractivity contribution in [2.75, 3.05) is 10.8 Å². The minimum absolute atomic E-state index is 0.143. The molecule has 1 atom stereocenters. The van der Waals surface area contributed by atoms with E-state index >= 15 is 0 Å². The van der Waals surface area contributed by atoms with Crippen molar-refractivity contribution >= 4 is 37.5 Å². The molecule has 1 aliphatic carbocycles. The molecule has 0 radical (unpaired) electrons. The molecule has 0 aliphatic heterocycles. The Morgan fingerprint density at radius 2 is 1.71 bits per heavy atom. The van der Waals surface area contributed by atoms with Crippen molar-refractivity contribution < 1.29 is 13.2 Å². The van der Waals surface area contributed by atoms with E-state index in [4.69, 9.17) is 0 Å². The Bertz CT molecular complexity index is 1260. The van der Waals surface area contributed by atoms with Gasteiger partial charge < -0.3 is 5.32 Å². The van der Waals surface area contributed by atoms with Gasteiger partial charge in [-0.3, -0.25) is 9.10 Å². The average molecular weight is 542 g/mol. The van der Waals surface area contributed by atoms with Crippen LogP contribution in [0.1, 0.15) is 48.9 Å². The second-order valence-electron chi connectivity index (χ2n) is 8.57. The van der Waals surface area contributed by atoms with Gasteiger partial charge >= 0.3 is 0 Å². The van der Waals surface area contributed by atoms with Crippen LogP contribution >= 0.6 is 15.9 Å². The van der Waals surface area contributed by atoms with Gasteiger partial charge in [0.25, 0.3) is 10.0 Å². The first-order chi connectivity index (χ1) is 16.4. The van der Waals surface area contributed by atoms with E-state index in [2.05, 4.69) is 39.4 Å². The maximum absolute atomic E-state index is 13.5. The van der Waals surface area contributed by atoms with Crippen molar-refractivity contribution in [1.29, 1.82) is 0 Å². The molecular weight excluding hydrogens is 512 g/mol. The van der Waals surface area contributed by atoms with E-state index in [1.54, 1.807) is 48.5 Å². The summed E-state index contributed by atoms with van der Waals surface area (Å²) in [5, 5.41) is 3.07. The van der Waals surface area contributed by atoms with E-state index in [9.17, 15) is 13.2 Å². The zero-order valence-corrected chi connectivity index (χ0v) is 21.6. The SMILES string of the molecule is CC[C@@H](NC(=O)CN(c1cccc(Br)c1)S(=O)(=O)c1ccccc1)c1ccc2c(c1)CCCC2. The van der Waals surface area contributed by atoms with Gasteiger partial charge in [0, 0.05) is 4.47 Å². The lowest BCUT2D eigenvalue weighted by atomic mass is 9.89. The summed E-state index contributed by atoms with van der Waals surface area (Å²) in [5.41, 5.74) is 4.25. The van der Waals surface area contributed by atoms with Gasteiger partial charge in [-0.2, -0.15) is 0 Å². The van der Waals surface area contributed by atoms with Gasteiger partial charge in [-0.15, -0.1) is 0 Å². The summed E-state index contributed by atoms with van der Waals surface area (Å²) in [4.78, 5) is 13.3. The van der Waals surface area contributed by atoms with Crippen LogP contribution in [0.3, 0.4) is 0 Å². The quantitative estimate of drug-likeness (QED) is 0.393. The maximum atomic E-state index is 13.5. The molecule has 0 saturated carbocycles. The molecule has 0 unspecified atom stereocenters. The number of rotatable bonds is 8. The number of amides is 1. The van der Waals surface area contributed by atoms with Crippen LogP contribution in [0.5, 0.6) is 0 Å². The van der Waals surface area contributed by atoms with Crippen LogP contribution in [0.25, 0.3) is 0 Å². The van der Waals surface area contributed by atoms with Gasteiger partial charge in [0.2, 0.25) is 5.91 Å². The lowest BCUT2D eigenvalue weighted by Gasteiger charge is -2.26. The molecule has 1 amide bonds. The summed E-state index contributed by atoms with van der Waals surface area (Å²) in [6.45, 7) is 1.71. The van der Waals surface area contributed by atoms with Crippen molar-refractivity contribution in [3.63, 3.8) is 0 Å². The molecule has 4 rings (SSSR count). The van der Waals surface area contributed by atoms with Crippen LogP contribution in [0.2, 0.25) is 0 Å². The number of carbonyl (C=O) groups is 1. The van der Waals surface area contributed by atoms with E-state index in [1.807, 2.05) is 13.0 Å². The molecule has 178 valence electrons. The van der Waals surface area contributed by atoms with Crippen molar-refractivity contribution in [3.8, 4) is 0 Å². The summed E-state index contributed by atoms with van der Waals surface area (Å²) >= 11 is 3.41. The number of hydrogen-bond acceptors (Lipinski definition) is 3. The highest BCUT2D eigenvalue weighted by atomic mass is 79.9. The number of nitrogens with zero attached hydrogens (tertiary/aromatic N) is 1. The van der Waals surface area contributed by atoms with Gasteiger partial charge in [-0.05, 0) is 79.1 Å². The number of halogens is 1. The molecule has 7 heteroatoms. The Morgan fingerprint density at radius 3 is 2.41 bits per heavy atom. The molecule has 0 spiro atoms. The molecule has 1 N–H and O–H groups in total. The van der Waals surface area contributed by atoms with Crippen molar-refractivity contribution in [3.05, 3.63) is 94.0 Å². The Kier molecular flexibility index (Phi) is 7.73. The number of aryl methyl sites for hydroxylation is 2. The minimum atomic E-state index is -3.93. The summed E-state index contributed by atoms with van der Waals surface area (Å²) in [5.74, 6) is -0.343. The third-order valence-electron chi connectivity index (χ3n) is 6.23. The first-order valence-corrected chi connectivity index (χ1v) is 13.9. The van der Waals surface area contributed by atoms with Crippen LogP contribution < -0.4 is 9.62 Å². The third-order valence-corrected chi connectivity index (χ3v) is 8.51. The first kappa shape index (κ1) is 24.5. The Hall–Kier alpha value is -2.64. The zero-order chi connectivity index (χ0) is 24.1. The molecule has 0 aromatic heterocycles. The van der Waals surface area contributed by atoms with E-state index < -0.39 is 10.0 Å². The largest absolute Gasteiger partial charge is 0.348 e. The van der Waals surface area contributed by atoms with E-state index in [-0.39, 0.29) is 23.4 Å². The summed E-state index contributed by atoms with van der Waals surface area (Å²) in [6, 6.07) is 21.5. The number of nitrogens with one attached hydrogen (secondary N) is 1. The lowest BCUT2D eigenvalue weighted by Crippen LogP contribution is -2.42. The summed E-state index contributed by atoms with van der Waals surface area (Å²) in [6.07, 6.45) is 5.31. The predicted octanol–water partition coefficient (Wildman–Crippen LogP) is 5.79. The van der Waals surface area contributed by atoms with Crippen molar-refractivity contribution in [1.82, 2.24) is 5.32 Å². The van der Waals surface area contributed by atoms with Crippen LogP contribution in [-0.4, -0.2) is 20.9 Å². The van der Waals surface area contributed by atoms with Crippen LogP contribution in [0, 0.1) is 0 Å². The van der Waals surface area contributed by atoms with Crippen LogP contribution in [-0.2, 0) is 27.7 Å². The highest BCUT2D eigenvalue weighted by Crippen LogP contribution is 2.28. The van der Waals surface area contributed by atoms with Crippen LogP contribution in [0.4, 0.5) is 5.69 Å². The molecular formula is C27H29BrN2O3S.